The Morgan fingerprint density at radius 2 is 2.02 bits per heavy atom. The number of amides is 1. The number of ether oxygens (including phenoxy) is 1. The molecule has 1 amide bonds. The van der Waals surface area contributed by atoms with Crippen LogP contribution < -0.4 is 10.6 Å². The van der Waals surface area contributed by atoms with Crippen molar-refractivity contribution in [1.82, 2.24) is 24.2 Å². The molecule has 6 rings (SSSR count). The van der Waals surface area contributed by atoms with E-state index < -0.39 is 29.4 Å². The highest BCUT2D eigenvalue weighted by Crippen LogP contribution is 2.51. The molecule has 2 aliphatic heterocycles. The summed E-state index contributed by atoms with van der Waals surface area (Å²) in [4.78, 5) is 33.8. The summed E-state index contributed by atoms with van der Waals surface area (Å²) in [5, 5.41) is 4.52. The van der Waals surface area contributed by atoms with Crippen molar-refractivity contribution in [3.63, 3.8) is 0 Å². The van der Waals surface area contributed by atoms with Crippen LogP contribution in [0.15, 0.2) is 40.7 Å². The van der Waals surface area contributed by atoms with Crippen LogP contribution in [-0.4, -0.2) is 75.8 Å². The summed E-state index contributed by atoms with van der Waals surface area (Å²) in [5.74, 6) is -0.338. The molecular weight excluding hydrogens is 545 g/mol. The first kappa shape index (κ1) is 26.6. The van der Waals surface area contributed by atoms with Gasteiger partial charge >= 0.3 is 11.9 Å². The van der Waals surface area contributed by atoms with Gasteiger partial charge in [0.2, 0.25) is 5.91 Å². The molecule has 0 saturated carbocycles. The van der Waals surface area contributed by atoms with Crippen molar-refractivity contribution in [2.75, 3.05) is 50.5 Å². The standard InChI is InChI=1S/C27H27F3N6O3S/c1-4-20(37)34-7-9-35(10-8-34)25-18-11-19(27(28,29)30)21(17-6-5-15-12-31-33(2)22(15)17)24-23(18)36(26(38)32-25)16(13-39-3)14-40-24/h4-6,11-12,16-17H,1,7-10,13-14H2,2-3H3/t16-,17?/m0/s1. The number of hydrogen-bond acceptors (Lipinski definition) is 7. The molecule has 0 radical (unpaired) electrons. The highest BCUT2D eigenvalue weighted by molar-refractivity contribution is 7.99. The summed E-state index contributed by atoms with van der Waals surface area (Å²) in [6.45, 7) is 5.06. The van der Waals surface area contributed by atoms with Gasteiger partial charge in [-0.25, -0.2) is 4.79 Å². The van der Waals surface area contributed by atoms with Crippen LogP contribution in [0.25, 0.3) is 17.0 Å². The number of hydrogen-bond donors (Lipinski definition) is 0. The predicted octanol–water partition coefficient (Wildman–Crippen LogP) is 3.44. The second-order valence-electron chi connectivity index (χ2n) is 10.0. The van der Waals surface area contributed by atoms with Crippen molar-refractivity contribution in [3.8, 4) is 0 Å². The Morgan fingerprint density at radius 3 is 2.70 bits per heavy atom. The van der Waals surface area contributed by atoms with Gasteiger partial charge in [-0.3, -0.25) is 14.0 Å². The SMILES string of the molecule is C=CC(=O)N1CCN(c2nc(=O)n3c4c(c(C5C=Cc6cnn(C)c65)c(C(F)(F)F)cc24)SC[C@@H]3COC)CC1. The third kappa shape index (κ3) is 4.14. The van der Waals surface area contributed by atoms with Gasteiger partial charge < -0.3 is 14.5 Å². The Kier molecular flexibility index (Phi) is 6.53. The number of anilines is 1. The maximum atomic E-state index is 14.9. The van der Waals surface area contributed by atoms with Crippen molar-refractivity contribution < 1.29 is 22.7 Å². The van der Waals surface area contributed by atoms with E-state index in [0.29, 0.717) is 48.0 Å². The van der Waals surface area contributed by atoms with Gasteiger partial charge in [0.1, 0.15) is 5.82 Å². The summed E-state index contributed by atoms with van der Waals surface area (Å²) in [6, 6.07) is 0.753. The molecule has 0 bridgehead atoms. The molecule has 0 spiro atoms. The molecule has 1 fully saturated rings. The zero-order valence-corrected chi connectivity index (χ0v) is 22.8. The van der Waals surface area contributed by atoms with Gasteiger partial charge in [-0.2, -0.15) is 23.3 Å². The lowest BCUT2D eigenvalue weighted by molar-refractivity contribution is -0.138. The highest BCUT2D eigenvalue weighted by Gasteiger charge is 2.42. The zero-order valence-electron chi connectivity index (χ0n) is 21.9. The second kappa shape index (κ2) is 9.81. The van der Waals surface area contributed by atoms with Gasteiger partial charge in [0.25, 0.3) is 0 Å². The summed E-state index contributed by atoms with van der Waals surface area (Å²) < 4.78 is 53.1. The lowest BCUT2D eigenvalue weighted by Gasteiger charge is -2.37. The number of benzene rings is 1. The number of rotatable bonds is 5. The Labute approximate surface area is 231 Å². The highest BCUT2D eigenvalue weighted by atomic mass is 32.2. The van der Waals surface area contributed by atoms with Gasteiger partial charge in [-0.1, -0.05) is 18.7 Å². The fraction of sp³-hybridized carbons (Fsp3) is 0.407. The number of methoxy groups -OCH3 is 1. The average Bonchev–Trinajstić information content (AvgIpc) is 3.52. The van der Waals surface area contributed by atoms with Gasteiger partial charge in [0.05, 0.1) is 35.6 Å². The molecule has 3 aromatic rings. The number of aromatic nitrogens is 4. The largest absolute Gasteiger partial charge is 0.416 e. The molecule has 1 aromatic carbocycles. The number of halogens is 3. The number of fused-ring (bicyclic) bond motifs is 1. The van der Waals surface area contributed by atoms with Crippen LogP contribution in [0.2, 0.25) is 0 Å². The van der Waals surface area contributed by atoms with E-state index in [-0.39, 0.29) is 29.3 Å². The zero-order chi connectivity index (χ0) is 28.3. The average molecular weight is 573 g/mol. The first-order chi connectivity index (χ1) is 19.1. The van der Waals surface area contributed by atoms with Crippen LogP contribution in [-0.2, 0) is 22.8 Å². The quantitative estimate of drug-likeness (QED) is 0.433. The lowest BCUT2D eigenvalue weighted by atomic mass is 9.90. The van der Waals surface area contributed by atoms with E-state index in [9.17, 15) is 22.8 Å². The smallest absolute Gasteiger partial charge is 0.383 e. The molecule has 1 unspecified atom stereocenters. The topological polar surface area (TPSA) is 85.5 Å². The van der Waals surface area contributed by atoms with Crippen LogP contribution in [0.4, 0.5) is 19.0 Å². The first-order valence-corrected chi connectivity index (χ1v) is 13.8. The van der Waals surface area contributed by atoms with Gasteiger partial charge in [-0.05, 0) is 17.7 Å². The summed E-state index contributed by atoms with van der Waals surface area (Å²) in [5.41, 5.74) is 0.698. The first-order valence-electron chi connectivity index (χ1n) is 12.8. The number of alkyl halides is 3. The Hall–Kier alpha value is -3.58. The van der Waals surface area contributed by atoms with Gasteiger partial charge in [0, 0.05) is 67.9 Å². The van der Waals surface area contributed by atoms with E-state index in [1.54, 1.807) is 39.9 Å². The molecule has 3 aliphatic rings. The van der Waals surface area contributed by atoms with E-state index in [1.165, 1.54) is 29.5 Å². The summed E-state index contributed by atoms with van der Waals surface area (Å²) in [6.07, 6.45) is 1.77. The van der Waals surface area contributed by atoms with E-state index in [0.717, 1.165) is 11.6 Å². The minimum Gasteiger partial charge on any atom is -0.383 e. The van der Waals surface area contributed by atoms with Crippen molar-refractivity contribution >= 4 is 40.5 Å². The minimum absolute atomic E-state index is 0.117. The maximum Gasteiger partial charge on any atom is 0.416 e. The number of nitrogens with zero attached hydrogens (tertiary/aromatic N) is 6. The van der Waals surface area contributed by atoms with Crippen LogP contribution in [0, 0.1) is 0 Å². The number of allylic oxidation sites excluding steroid dienone is 1. The number of aryl methyl sites for hydroxylation is 1. The van der Waals surface area contributed by atoms with E-state index in [2.05, 4.69) is 16.7 Å². The molecule has 2 aromatic heterocycles. The fourth-order valence-corrected chi connectivity index (χ4v) is 7.32. The summed E-state index contributed by atoms with van der Waals surface area (Å²) in [7, 11) is 3.24. The monoisotopic (exact) mass is 572 g/mol. The third-order valence-corrected chi connectivity index (χ3v) is 9.04. The Balaban J connectivity index is 1.61. The van der Waals surface area contributed by atoms with Gasteiger partial charge in [-0.15, -0.1) is 11.8 Å². The van der Waals surface area contributed by atoms with Crippen molar-refractivity contribution in [1.29, 1.82) is 0 Å². The van der Waals surface area contributed by atoms with E-state index in [1.807, 2.05) is 0 Å². The minimum atomic E-state index is -4.66. The molecule has 2 atom stereocenters. The predicted molar refractivity (Wildman–Crippen MR) is 146 cm³/mol. The Morgan fingerprint density at radius 1 is 1.27 bits per heavy atom. The molecule has 13 heteroatoms. The van der Waals surface area contributed by atoms with Crippen molar-refractivity contribution in [2.24, 2.45) is 7.05 Å². The molecule has 0 N–H and O–H groups in total. The summed E-state index contributed by atoms with van der Waals surface area (Å²) >= 11 is 1.31. The number of carbonyl (C=O) groups excluding carboxylic acids is 1. The van der Waals surface area contributed by atoms with E-state index >= 15 is 0 Å². The molecule has 4 heterocycles. The molecule has 40 heavy (non-hydrogen) atoms. The molecule has 210 valence electrons. The van der Waals surface area contributed by atoms with Crippen LogP contribution >= 0.6 is 11.8 Å². The van der Waals surface area contributed by atoms with Crippen LogP contribution in [0.1, 0.15) is 34.3 Å². The maximum absolute atomic E-state index is 14.9. The molecule has 1 saturated heterocycles. The number of thioether (sulfide) groups is 1. The molecular formula is C27H27F3N6O3S. The second-order valence-corrected chi connectivity index (χ2v) is 11.1. The number of piperazine rings is 1. The molecule has 9 nitrogen and oxygen atoms in total. The third-order valence-electron chi connectivity index (χ3n) is 7.79. The molecule has 1 aliphatic carbocycles. The lowest BCUT2D eigenvalue weighted by Crippen LogP contribution is -2.49. The van der Waals surface area contributed by atoms with E-state index in [4.69, 9.17) is 4.74 Å². The van der Waals surface area contributed by atoms with Crippen molar-refractivity contribution in [2.45, 2.75) is 23.0 Å². The van der Waals surface area contributed by atoms with Gasteiger partial charge in [0.15, 0.2) is 0 Å². The Bertz CT molecular complexity index is 1620. The van der Waals surface area contributed by atoms with Crippen molar-refractivity contribution in [3.05, 3.63) is 63.9 Å². The number of carbonyl (C=O) groups is 1. The van der Waals surface area contributed by atoms with Crippen LogP contribution in [0.5, 0.6) is 0 Å². The fourth-order valence-electron chi connectivity index (χ4n) is 5.98. The normalized spacial score (nSPS) is 20.3. The van der Waals surface area contributed by atoms with Crippen LogP contribution in [0.3, 0.4) is 0 Å².